The van der Waals surface area contributed by atoms with E-state index >= 15 is 0 Å². The van der Waals surface area contributed by atoms with Crippen molar-refractivity contribution in [3.05, 3.63) is 21.5 Å². The van der Waals surface area contributed by atoms with Gasteiger partial charge in [0.1, 0.15) is 15.4 Å². The number of ether oxygens (including phenoxy) is 2. The number of nitrogens with zero attached hydrogens (tertiary/aromatic N) is 3. The second kappa shape index (κ2) is 11.2. The zero-order valence-corrected chi connectivity index (χ0v) is 20.1. The lowest BCUT2D eigenvalue weighted by atomic mass is 9.96. The van der Waals surface area contributed by atoms with Crippen LogP contribution in [0.25, 0.3) is 0 Å². The van der Waals surface area contributed by atoms with E-state index in [1.807, 2.05) is 0 Å². The van der Waals surface area contributed by atoms with E-state index in [1.54, 1.807) is 25.7 Å². The molecule has 2 aromatic rings. The van der Waals surface area contributed by atoms with Crippen molar-refractivity contribution in [2.24, 2.45) is 5.92 Å². The van der Waals surface area contributed by atoms with Crippen molar-refractivity contribution in [1.29, 1.82) is 0 Å². The molecule has 0 radical (unpaired) electrons. The highest BCUT2D eigenvalue weighted by Crippen LogP contribution is 2.35. The third-order valence-electron chi connectivity index (χ3n) is 5.05. The fourth-order valence-electron chi connectivity index (χ4n) is 3.40. The number of piperidine rings is 1. The Morgan fingerprint density at radius 3 is 2.36 bits per heavy atom. The molecule has 3 amide bonds. The third kappa shape index (κ3) is 5.85. The van der Waals surface area contributed by atoms with Crippen molar-refractivity contribution in [3.63, 3.8) is 0 Å². The molecule has 1 aliphatic heterocycles. The van der Waals surface area contributed by atoms with Gasteiger partial charge in [-0.2, -0.15) is 0 Å². The number of likely N-dealkylation sites (tertiary alicyclic amines) is 1. The minimum atomic E-state index is -0.621. The molecule has 0 spiro atoms. The van der Waals surface area contributed by atoms with Crippen molar-refractivity contribution in [1.82, 2.24) is 15.1 Å². The minimum absolute atomic E-state index is 0.143. The maximum Gasteiger partial charge on any atom is 0.348 e. The zero-order chi connectivity index (χ0) is 24.0. The van der Waals surface area contributed by atoms with E-state index in [-0.39, 0.29) is 40.5 Å². The van der Waals surface area contributed by atoms with Crippen LogP contribution >= 0.6 is 22.7 Å². The Morgan fingerprint density at radius 1 is 1.09 bits per heavy atom. The Labute approximate surface area is 198 Å². The summed E-state index contributed by atoms with van der Waals surface area (Å²) in [5.41, 5.74) is 2.08. The van der Waals surface area contributed by atoms with Gasteiger partial charge in [-0.05, 0) is 39.2 Å². The molecule has 0 saturated carbocycles. The van der Waals surface area contributed by atoms with Gasteiger partial charge in [0.05, 0.1) is 18.8 Å². The highest BCUT2D eigenvalue weighted by atomic mass is 32.1. The van der Waals surface area contributed by atoms with Crippen LogP contribution in [0.5, 0.6) is 0 Å². The molecule has 3 heterocycles. The number of carbonyl (C=O) groups excluding carboxylic acids is 4. The Morgan fingerprint density at radius 2 is 1.76 bits per heavy atom. The first-order valence-electron chi connectivity index (χ1n) is 10.5. The number of hydrogen-bond donors (Lipinski definition) is 2. The number of nitrogens with one attached hydrogen (secondary N) is 2. The molecule has 11 nitrogen and oxygen atoms in total. The molecule has 13 heteroatoms. The van der Waals surface area contributed by atoms with Crippen molar-refractivity contribution in [2.75, 3.05) is 36.9 Å². The van der Waals surface area contributed by atoms with Gasteiger partial charge in [-0.25, -0.2) is 14.4 Å². The van der Waals surface area contributed by atoms with Crippen LogP contribution in [0.15, 0.2) is 5.51 Å². The Balaban J connectivity index is 1.67. The summed E-state index contributed by atoms with van der Waals surface area (Å²) in [6.07, 6.45) is 0.973. The Kier molecular flexibility index (Phi) is 8.33. The van der Waals surface area contributed by atoms with Crippen molar-refractivity contribution >= 4 is 56.7 Å². The predicted octanol–water partition coefficient (Wildman–Crippen LogP) is 3.14. The molecule has 0 aliphatic carbocycles. The number of thiophene rings is 1. The maximum absolute atomic E-state index is 12.9. The van der Waals surface area contributed by atoms with Crippen molar-refractivity contribution < 1.29 is 28.7 Å². The van der Waals surface area contributed by atoms with Crippen LogP contribution in [0.4, 0.5) is 14.9 Å². The molecule has 2 aromatic heterocycles. The molecular weight excluding hydrogens is 470 g/mol. The Hall–Kier alpha value is -3.06. The molecule has 33 heavy (non-hydrogen) atoms. The molecule has 3 rings (SSSR count). The van der Waals surface area contributed by atoms with Gasteiger partial charge in [-0.1, -0.05) is 11.3 Å². The summed E-state index contributed by atoms with van der Waals surface area (Å²) >= 11 is 2.22. The molecule has 0 aromatic carbocycles. The fraction of sp³-hybridized carbons (Fsp3) is 0.500. The van der Waals surface area contributed by atoms with Crippen LogP contribution in [0, 0.1) is 12.8 Å². The first-order chi connectivity index (χ1) is 15.8. The summed E-state index contributed by atoms with van der Waals surface area (Å²) in [4.78, 5) is 51.9. The summed E-state index contributed by atoms with van der Waals surface area (Å²) in [5, 5.41) is 13.6. The average molecular weight is 496 g/mol. The van der Waals surface area contributed by atoms with Gasteiger partial charge >= 0.3 is 18.0 Å². The van der Waals surface area contributed by atoms with Crippen molar-refractivity contribution in [2.45, 2.75) is 33.6 Å². The van der Waals surface area contributed by atoms with E-state index in [0.717, 1.165) is 11.3 Å². The standard InChI is InChI=1S/C20H25N5O6S2/c1-4-30-17(27)13-11(3)14(18(28)31-5-2)33-16(13)23-20(29)25-8-6-12(7-9-25)15(26)22-19-24-21-10-32-19/h10,12H,4-9H2,1-3H3,(H,23,29)(H,22,24,26). The van der Waals surface area contributed by atoms with Gasteiger partial charge in [-0.3, -0.25) is 10.1 Å². The molecule has 2 N–H and O–H groups in total. The predicted molar refractivity (Wildman–Crippen MR) is 123 cm³/mol. The second-order valence-corrected chi connectivity index (χ2v) is 8.98. The summed E-state index contributed by atoms with van der Waals surface area (Å²) < 4.78 is 10.2. The number of rotatable bonds is 7. The molecule has 0 unspecified atom stereocenters. The van der Waals surface area contributed by atoms with E-state index in [1.165, 1.54) is 16.8 Å². The summed E-state index contributed by atoms with van der Waals surface area (Å²) in [5.74, 6) is -1.57. The Bertz CT molecular complexity index is 1010. The third-order valence-corrected chi connectivity index (χ3v) is 6.84. The number of anilines is 2. The van der Waals surface area contributed by atoms with E-state index in [2.05, 4.69) is 20.8 Å². The van der Waals surface area contributed by atoms with E-state index < -0.39 is 18.0 Å². The van der Waals surface area contributed by atoms with E-state index in [9.17, 15) is 19.2 Å². The normalized spacial score (nSPS) is 14.0. The second-order valence-electron chi connectivity index (χ2n) is 7.13. The summed E-state index contributed by atoms with van der Waals surface area (Å²) in [7, 11) is 0. The van der Waals surface area contributed by atoms with Gasteiger partial charge in [0.25, 0.3) is 0 Å². The van der Waals surface area contributed by atoms with Crippen LogP contribution in [0.2, 0.25) is 0 Å². The monoisotopic (exact) mass is 495 g/mol. The number of urea groups is 1. The number of hydrogen-bond acceptors (Lipinski definition) is 10. The van der Waals surface area contributed by atoms with Gasteiger partial charge in [0.2, 0.25) is 11.0 Å². The highest BCUT2D eigenvalue weighted by molar-refractivity contribution is 7.18. The van der Waals surface area contributed by atoms with Gasteiger partial charge in [0, 0.05) is 19.0 Å². The topological polar surface area (TPSA) is 140 Å². The fourth-order valence-corrected chi connectivity index (χ4v) is 4.92. The lowest BCUT2D eigenvalue weighted by Gasteiger charge is -2.31. The number of aromatic nitrogens is 2. The van der Waals surface area contributed by atoms with Gasteiger partial charge in [0.15, 0.2) is 0 Å². The largest absolute Gasteiger partial charge is 0.462 e. The first kappa shape index (κ1) is 24.6. The maximum atomic E-state index is 12.9. The van der Waals surface area contributed by atoms with Crippen LogP contribution in [-0.2, 0) is 14.3 Å². The van der Waals surface area contributed by atoms with Crippen LogP contribution in [0.1, 0.15) is 52.3 Å². The zero-order valence-electron chi connectivity index (χ0n) is 18.5. The average Bonchev–Trinajstić information content (AvgIpc) is 3.41. The molecule has 178 valence electrons. The van der Waals surface area contributed by atoms with Gasteiger partial charge in [-0.15, -0.1) is 21.5 Å². The smallest absolute Gasteiger partial charge is 0.348 e. The number of carbonyl (C=O) groups is 4. The highest BCUT2D eigenvalue weighted by Gasteiger charge is 2.31. The number of esters is 2. The van der Waals surface area contributed by atoms with Crippen LogP contribution < -0.4 is 10.6 Å². The van der Waals surface area contributed by atoms with E-state index in [0.29, 0.717) is 36.6 Å². The van der Waals surface area contributed by atoms with E-state index in [4.69, 9.17) is 9.47 Å². The van der Waals surface area contributed by atoms with Crippen molar-refractivity contribution in [3.8, 4) is 0 Å². The van der Waals surface area contributed by atoms with Crippen LogP contribution in [-0.4, -0.2) is 65.3 Å². The lowest BCUT2D eigenvalue weighted by molar-refractivity contribution is -0.121. The van der Waals surface area contributed by atoms with Crippen LogP contribution in [0.3, 0.4) is 0 Å². The molecule has 0 atom stereocenters. The quantitative estimate of drug-likeness (QED) is 0.558. The molecule has 0 bridgehead atoms. The van der Waals surface area contributed by atoms with Gasteiger partial charge < -0.3 is 19.7 Å². The minimum Gasteiger partial charge on any atom is -0.462 e. The molecule has 1 fully saturated rings. The number of amides is 3. The first-order valence-corrected chi connectivity index (χ1v) is 12.2. The summed E-state index contributed by atoms with van der Waals surface area (Å²) in [6, 6.07) is -0.416. The SMILES string of the molecule is CCOC(=O)c1sc(NC(=O)N2CCC(C(=O)Nc3nncs3)CC2)c(C(=O)OCC)c1C. The lowest BCUT2D eigenvalue weighted by Crippen LogP contribution is -2.43. The molecule has 1 aliphatic rings. The summed E-state index contributed by atoms with van der Waals surface area (Å²) in [6.45, 7) is 6.06. The molecule has 1 saturated heterocycles. The molecular formula is C20H25N5O6S2.